The average Bonchev–Trinajstić information content (AvgIpc) is 3.47. The fourth-order valence-electron chi connectivity index (χ4n) is 4.34. The summed E-state index contributed by atoms with van der Waals surface area (Å²) in [7, 11) is 1.54. The molecule has 10 heteroatoms. The number of anilines is 1. The van der Waals surface area contributed by atoms with Crippen molar-refractivity contribution in [2.75, 3.05) is 12.4 Å². The first-order valence-electron chi connectivity index (χ1n) is 12.1. The van der Waals surface area contributed by atoms with E-state index in [-0.39, 0.29) is 12.1 Å². The molecule has 5 aromatic rings. The summed E-state index contributed by atoms with van der Waals surface area (Å²) in [6.45, 7) is 1.91. The molecule has 0 bridgehead atoms. The van der Waals surface area contributed by atoms with Crippen molar-refractivity contribution in [2.45, 2.75) is 19.5 Å². The number of aromatic nitrogens is 2. The molecule has 0 aliphatic heterocycles. The van der Waals surface area contributed by atoms with Gasteiger partial charge in [0.2, 0.25) is 0 Å². The second kappa shape index (κ2) is 11.2. The van der Waals surface area contributed by atoms with E-state index >= 15 is 0 Å². The van der Waals surface area contributed by atoms with Gasteiger partial charge in [-0.25, -0.2) is 9.78 Å². The van der Waals surface area contributed by atoms with Crippen LogP contribution >= 0.6 is 23.2 Å². The Morgan fingerprint density at radius 3 is 2.56 bits per heavy atom. The van der Waals surface area contributed by atoms with Crippen LogP contribution in [0.15, 0.2) is 94.3 Å². The predicted molar refractivity (Wildman–Crippen MR) is 152 cm³/mol. The van der Waals surface area contributed by atoms with Crippen LogP contribution in [0.1, 0.15) is 24.6 Å². The summed E-state index contributed by atoms with van der Waals surface area (Å²) in [6.07, 6.45) is 1.54. The number of hydrogen-bond acceptors (Lipinski definition) is 5. The van der Waals surface area contributed by atoms with Crippen LogP contribution in [0.2, 0.25) is 10.0 Å². The van der Waals surface area contributed by atoms with Crippen LogP contribution < -0.4 is 15.6 Å². The maximum Gasteiger partial charge on any atom is 0.322 e. The number of urea groups is 1. The van der Waals surface area contributed by atoms with E-state index in [9.17, 15) is 9.59 Å². The topological polar surface area (TPSA) is 89.6 Å². The molecule has 0 aliphatic carbocycles. The molecule has 2 aromatic heterocycles. The van der Waals surface area contributed by atoms with Gasteiger partial charge in [-0.05, 0) is 61.5 Å². The molecule has 1 N–H and O–H groups in total. The Bertz CT molecular complexity index is 1700. The average molecular weight is 563 g/mol. The summed E-state index contributed by atoms with van der Waals surface area (Å²) in [5.41, 5.74) is 1.20. The molecule has 2 amide bonds. The minimum atomic E-state index is -0.694. The number of nitrogens with zero attached hydrogens (tertiary/aromatic N) is 3. The molecule has 5 rings (SSSR count). The molecule has 39 heavy (non-hydrogen) atoms. The number of halogens is 2. The number of fused-ring (bicyclic) bond motifs is 1. The molecule has 0 saturated carbocycles. The molecule has 1 atom stereocenters. The fourth-order valence-corrected chi connectivity index (χ4v) is 4.64. The van der Waals surface area contributed by atoms with Crippen molar-refractivity contribution in [2.24, 2.45) is 0 Å². The number of nitrogens with one attached hydrogen (secondary N) is 1. The van der Waals surface area contributed by atoms with Crippen LogP contribution in [0.3, 0.4) is 0 Å². The molecule has 0 aliphatic rings. The zero-order valence-corrected chi connectivity index (χ0v) is 22.6. The fraction of sp³-hybridized carbons (Fsp3) is 0.138. The Morgan fingerprint density at radius 1 is 1.05 bits per heavy atom. The van der Waals surface area contributed by atoms with Gasteiger partial charge in [0.15, 0.2) is 0 Å². The van der Waals surface area contributed by atoms with Gasteiger partial charge in [-0.1, -0.05) is 47.5 Å². The van der Waals surface area contributed by atoms with E-state index in [1.807, 2.05) is 18.2 Å². The van der Waals surface area contributed by atoms with Gasteiger partial charge in [0, 0.05) is 5.69 Å². The lowest BCUT2D eigenvalue weighted by Gasteiger charge is -2.30. The lowest BCUT2D eigenvalue weighted by molar-refractivity contribution is 0.179. The van der Waals surface area contributed by atoms with E-state index in [2.05, 4.69) is 5.32 Å². The van der Waals surface area contributed by atoms with E-state index in [0.29, 0.717) is 49.7 Å². The third-order valence-corrected chi connectivity index (χ3v) is 7.05. The van der Waals surface area contributed by atoms with Crippen LogP contribution in [0.5, 0.6) is 5.75 Å². The predicted octanol–water partition coefficient (Wildman–Crippen LogP) is 7.09. The highest BCUT2D eigenvalue weighted by molar-refractivity contribution is 6.42. The number of amides is 2. The number of carbonyl (C=O) groups excluding carboxylic acids is 1. The van der Waals surface area contributed by atoms with Crippen LogP contribution in [0.25, 0.3) is 16.6 Å². The number of benzene rings is 3. The minimum Gasteiger partial charge on any atom is -0.495 e. The zero-order valence-electron chi connectivity index (χ0n) is 21.1. The summed E-state index contributed by atoms with van der Waals surface area (Å²) in [5.74, 6) is 1.39. The number of rotatable bonds is 7. The lowest BCUT2D eigenvalue weighted by Crippen LogP contribution is -2.39. The number of methoxy groups -OCH3 is 1. The van der Waals surface area contributed by atoms with Crippen molar-refractivity contribution in [3.8, 4) is 11.4 Å². The molecule has 0 spiro atoms. The smallest absolute Gasteiger partial charge is 0.322 e. The van der Waals surface area contributed by atoms with Crippen LogP contribution in [-0.4, -0.2) is 27.6 Å². The first-order valence-corrected chi connectivity index (χ1v) is 12.8. The molecule has 0 radical (unpaired) electrons. The van der Waals surface area contributed by atoms with Crippen molar-refractivity contribution in [3.63, 3.8) is 0 Å². The standard InChI is InChI=1S/C29H24Cl2N4O4/c1-18(34(17-20-8-7-15-39-20)29(37)32-19-13-14-22(30)23(31)16-19)27-33-24-10-4-3-9-21(24)28(36)35(27)25-11-5-6-12-26(25)38-2/h3-16,18H,17H2,1-2H3,(H,32,37). The number of ether oxygens (including phenoxy) is 1. The van der Waals surface area contributed by atoms with Gasteiger partial charge in [-0.3, -0.25) is 9.36 Å². The van der Waals surface area contributed by atoms with E-state index in [1.54, 1.807) is 67.6 Å². The van der Waals surface area contributed by atoms with Crippen molar-refractivity contribution in [3.05, 3.63) is 117 Å². The van der Waals surface area contributed by atoms with Crippen molar-refractivity contribution < 1.29 is 13.9 Å². The summed E-state index contributed by atoms with van der Waals surface area (Å²) in [4.78, 5) is 34.0. The summed E-state index contributed by atoms with van der Waals surface area (Å²) in [5, 5.41) is 3.99. The monoisotopic (exact) mass is 562 g/mol. The van der Waals surface area contributed by atoms with Gasteiger partial charge in [-0.15, -0.1) is 0 Å². The maximum atomic E-state index is 13.9. The molecular weight excluding hydrogens is 539 g/mol. The van der Waals surface area contributed by atoms with E-state index in [0.717, 1.165) is 0 Å². The third kappa shape index (κ3) is 5.34. The SMILES string of the molecule is COc1ccccc1-n1c(C(C)N(Cc2ccco2)C(=O)Nc2ccc(Cl)c(Cl)c2)nc2ccccc2c1=O. The Labute approximate surface area is 234 Å². The third-order valence-electron chi connectivity index (χ3n) is 6.31. The largest absolute Gasteiger partial charge is 0.495 e. The lowest BCUT2D eigenvalue weighted by atomic mass is 10.1. The number of hydrogen-bond donors (Lipinski definition) is 1. The Hall–Kier alpha value is -4.27. The van der Waals surface area contributed by atoms with Crippen LogP contribution in [0.4, 0.5) is 10.5 Å². The summed E-state index contributed by atoms with van der Waals surface area (Å²) >= 11 is 12.2. The Balaban J connectivity index is 1.65. The molecule has 3 aromatic carbocycles. The Kier molecular flexibility index (Phi) is 7.58. The maximum absolute atomic E-state index is 13.9. The molecule has 2 heterocycles. The zero-order chi connectivity index (χ0) is 27.5. The number of carbonyl (C=O) groups is 1. The normalized spacial score (nSPS) is 11.8. The van der Waals surface area contributed by atoms with Gasteiger partial charge < -0.3 is 19.4 Å². The van der Waals surface area contributed by atoms with E-state index in [1.165, 1.54) is 22.8 Å². The second-order valence-electron chi connectivity index (χ2n) is 8.74. The molecule has 8 nitrogen and oxygen atoms in total. The van der Waals surface area contributed by atoms with Gasteiger partial charge in [0.25, 0.3) is 5.56 Å². The summed E-state index contributed by atoms with van der Waals surface area (Å²) in [6, 6.07) is 21.5. The van der Waals surface area contributed by atoms with Gasteiger partial charge in [0.1, 0.15) is 17.3 Å². The van der Waals surface area contributed by atoms with Crippen LogP contribution in [0, 0.1) is 0 Å². The molecule has 1 unspecified atom stereocenters. The van der Waals surface area contributed by atoms with Gasteiger partial charge >= 0.3 is 6.03 Å². The first kappa shape index (κ1) is 26.3. The van der Waals surface area contributed by atoms with E-state index < -0.39 is 12.1 Å². The van der Waals surface area contributed by atoms with Gasteiger partial charge in [0.05, 0.1) is 52.6 Å². The van der Waals surface area contributed by atoms with Crippen LogP contribution in [-0.2, 0) is 6.54 Å². The molecule has 198 valence electrons. The van der Waals surface area contributed by atoms with E-state index in [4.69, 9.17) is 37.3 Å². The van der Waals surface area contributed by atoms with Crippen molar-refractivity contribution >= 4 is 45.8 Å². The van der Waals surface area contributed by atoms with Crippen molar-refractivity contribution in [1.82, 2.24) is 14.5 Å². The number of furan rings is 1. The molecule has 0 fully saturated rings. The highest BCUT2D eigenvalue weighted by Gasteiger charge is 2.29. The van der Waals surface area contributed by atoms with Crippen molar-refractivity contribution in [1.29, 1.82) is 0 Å². The second-order valence-corrected chi connectivity index (χ2v) is 9.56. The molecule has 0 saturated heterocycles. The highest BCUT2D eigenvalue weighted by Crippen LogP contribution is 2.30. The summed E-state index contributed by atoms with van der Waals surface area (Å²) < 4.78 is 12.6. The Morgan fingerprint density at radius 2 is 1.82 bits per heavy atom. The van der Waals surface area contributed by atoms with Gasteiger partial charge in [-0.2, -0.15) is 0 Å². The number of para-hydroxylation sites is 3. The highest BCUT2D eigenvalue weighted by atomic mass is 35.5. The minimum absolute atomic E-state index is 0.107. The molecular formula is C29H24Cl2N4O4. The first-order chi connectivity index (χ1) is 18.9. The quantitative estimate of drug-likeness (QED) is 0.228.